The zero-order valence-electron chi connectivity index (χ0n) is 54.2. The Bertz CT molecular complexity index is 4510. The Kier molecular flexibility index (Phi) is 14.0. The summed E-state index contributed by atoms with van der Waals surface area (Å²) < 4.78 is 0. The zero-order chi connectivity index (χ0) is 61.2. The van der Waals surface area contributed by atoms with Crippen LogP contribution in [0.3, 0.4) is 0 Å². The first-order chi connectivity index (χ1) is 40.4. The van der Waals surface area contributed by atoms with Gasteiger partial charge in [-0.2, -0.15) is 0 Å². The van der Waals surface area contributed by atoms with Crippen LogP contribution >= 0.6 is 0 Å². The highest BCUT2D eigenvalue weighted by molar-refractivity contribution is 6.08. The van der Waals surface area contributed by atoms with E-state index in [0.29, 0.717) is 0 Å². The number of hydrogen-bond donors (Lipinski definition) is 2. The molecular formula is C82H86N4. The molecule has 5 heterocycles. The van der Waals surface area contributed by atoms with Crippen LogP contribution in [-0.4, -0.2) is 19.9 Å². The third kappa shape index (κ3) is 11.0. The van der Waals surface area contributed by atoms with E-state index in [-0.39, 0.29) is 32.5 Å². The van der Waals surface area contributed by atoms with Gasteiger partial charge in [-0.3, -0.25) is 0 Å². The van der Waals surface area contributed by atoms with Crippen LogP contribution in [0.2, 0.25) is 0 Å². The molecule has 4 nitrogen and oxygen atoms in total. The van der Waals surface area contributed by atoms with Crippen molar-refractivity contribution in [2.24, 2.45) is 0 Å². The molecule has 12 rings (SSSR count). The highest BCUT2D eigenvalue weighted by atomic mass is 14.8. The lowest BCUT2D eigenvalue weighted by Crippen LogP contribution is -2.16. The minimum Gasteiger partial charge on any atom is -0.354 e. The van der Waals surface area contributed by atoms with E-state index in [1.165, 1.54) is 54.9 Å². The van der Waals surface area contributed by atoms with Gasteiger partial charge in [-0.15, -0.1) is 0 Å². The van der Waals surface area contributed by atoms with Gasteiger partial charge in [0.15, 0.2) is 0 Å². The molecule has 4 heteroatoms. The summed E-state index contributed by atoms with van der Waals surface area (Å²) in [5.41, 5.74) is 25.3. The third-order valence-corrected chi connectivity index (χ3v) is 17.9. The molecular weight excluding hydrogens is 1040 g/mol. The second-order valence-corrected chi connectivity index (χ2v) is 30.7. The van der Waals surface area contributed by atoms with Crippen molar-refractivity contribution in [1.82, 2.24) is 19.9 Å². The van der Waals surface area contributed by atoms with Crippen molar-refractivity contribution in [3.8, 4) is 44.5 Å². The summed E-state index contributed by atoms with van der Waals surface area (Å²) in [6.45, 7) is 41.9. The maximum Gasteiger partial charge on any atom is 0.0743 e. The zero-order valence-corrected chi connectivity index (χ0v) is 54.2. The number of nitrogens with zero attached hydrogens (tertiary/aromatic N) is 2. The first-order valence-corrected chi connectivity index (χ1v) is 31.0. The number of fused-ring (bicyclic) bond motifs is 10. The Morgan fingerprint density at radius 3 is 1.08 bits per heavy atom. The minimum absolute atomic E-state index is 0.124. The SMILES string of the molecule is CC(C)(C)c1cc(-c2c3nc(c(-c4cc(C(C)(C)C)cc(C(C)(C)C)c4)c4ccc([nH]4)c(-c4cc(C(C)(C)C)cc(C(C)(C)C)c4)c4nc(cc5[nH]c2cc5-c2cccc5ccccc25)C(c2cccc5ccccc25)=C4)C=C3)cc(C(C)(C)C)c1. The van der Waals surface area contributed by atoms with Crippen LogP contribution in [0.1, 0.15) is 186 Å². The summed E-state index contributed by atoms with van der Waals surface area (Å²) in [5.74, 6) is 0. The number of aromatic amines is 2. The summed E-state index contributed by atoms with van der Waals surface area (Å²) in [6, 6.07) is 62.0. The highest BCUT2D eigenvalue weighted by Crippen LogP contribution is 2.46. The highest BCUT2D eigenvalue weighted by Gasteiger charge is 2.29. The van der Waals surface area contributed by atoms with E-state index in [4.69, 9.17) is 9.97 Å². The van der Waals surface area contributed by atoms with E-state index in [9.17, 15) is 0 Å². The molecule has 0 radical (unpaired) electrons. The van der Waals surface area contributed by atoms with Gasteiger partial charge in [-0.25, -0.2) is 9.97 Å². The van der Waals surface area contributed by atoms with E-state index in [2.05, 4.69) is 317 Å². The third-order valence-electron chi connectivity index (χ3n) is 17.9. The molecule has 0 atom stereocenters. The topological polar surface area (TPSA) is 57.4 Å². The van der Waals surface area contributed by atoms with Crippen LogP contribution in [0.4, 0.5) is 0 Å². The molecule has 2 aliphatic heterocycles. The lowest BCUT2D eigenvalue weighted by molar-refractivity contribution is 0.568. The van der Waals surface area contributed by atoms with Gasteiger partial charge in [-0.05, 0) is 158 Å². The van der Waals surface area contributed by atoms with Crippen LogP contribution in [0.15, 0.2) is 164 Å². The molecule has 0 amide bonds. The Balaban J connectivity index is 1.35. The molecule has 10 aromatic rings. The fraction of sp³-hybridized carbons (Fsp3) is 0.293. The lowest BCUT2D eigenvalue weighted by atomic mass is 9.78. The summed E-state index contributed by atoms with van der Waals surface area (Å²) in [6.07, 6.45) is 6.89. The van der Waals surface area contributed by atoms with E-state index in [1.807, 2.05) is 0 Å². The maximum absolute atomic E-state index is 5.99. The molecule has 0 spiro atoms. The molecule has 8 bridgehead atoms. The van der Waals surface area contributed by atoms with Crippen molar-refractivity contribution < 1.29 is 0 Å². The Labute approximate surface area is 511 Å². The van der Waals surface area contributed by atoms with Crippen molar-refractivity contribution in [1.29, 1.82) is 0 Å². The first-order valence-electron chi connectivity index (χ1n) is 31.0. The van der Waals surface area contributed by atoms with E-state index in [0.717, 1.165) is 100 Å². The number of nitrogens with one attached hydrogen (secondary N) is 2. The number of H-pyrrole nitrogens is 2. The first kappa shape index (κ1) is 58.1. The monoisotopic (exact) mass is 1130 g/mol. The Hall–Kier alpha value is -8.34. The van der Waals surface area contributed by atoms with Gasteiger partial charge >= 0.3 is 0 Å². The molecule has 0 unspecified atom stereocenters. The molecule has 434 valence electrons. The summed E-state index contributed by atoms with van der Waals surface area (Å²) >= 11 is 0. The maximum atomic E-state index is 5.99. The van der Waals surface area contributed by atoms with Crippen LogP contribution in [0.25, 0.3) is 112 Å². The van der Waals surface area contributed by atoms with Gasteiger partial charge in [0.05, 0.1) is 22.8 Å². The molecule has 3 aromatic heterocycles. The van der Waals surface area contributed by atoms with Gasteiger partial charge in [-0.1, -0.05) is 264 Å². The van der Waals surface area contributed by atoms with Crippen LogP contribution < -0.4 is 0 Å². The standard InChI is InChI=1S/C82H86N4/c1-77(2,3)54-37-51(38-55(43-54)78(4,5)6)74-66-33-35-68(83-66)75(52-39-56(79(7,8)9)44-57(40-52)80(10,11)12)72-46-64(62-31-23-27-49-25-19-21-29-60(49)62)70(85-72)48-71-65(63-32-24-28-50-26-20-22-30-61(50)63)47-73(86-71)76(69-36-34-67(74)84-69)53-41-58(81(13,14)15)45-59(42-53)82(16,17)18/h19-48,83,86H,1-18H3. The summed E-state index contributed by atoms with van der Waals surface area (Å²) in [7, 11) is 0. The Morgan fingerprint density at radius 2 is 0.651 bits per heavy atom. The second kappa shape index (κ2) is 20.7. The van der Waals surface area contributed by atoms with E-state index in [1.54, 1.807) is 0 Å². The number of aromatic nitrogens is 4. The number of rotatable bonds is 5. The van der Waals surface area contributed by atoms with Crippen LogP contribution in [-0.2, 0) is 32.5 Å². The second-order valence-electron chi connectivity index (χ2n) is 30.7. The molecule has 0 fully saturated rings. The molecule has 0 saturated carbocycles. The fourth-order valence-electron chi connectivity index (χ4n) is 12.5. The fourth-order valence-corrected chi connectivity index (χ4v) is 12.5. The van der Waals surface area contributed by atoms with Gasteiger partial charge in [0.2, 0.25) is 0 Å². The van der Waals surface area contributed by atoms with Crippen molar-refractivity contribution >= 4 is 67.4 Å². The summed E-state index contributed by atoms with van der Waals surface area (Å²) in [5, 5.41) is 4.73. The normalized spacial score (nSPS) is 13.5. The quantitative estimate of drug-likeness (QED) is 0.180. The van der Waals surface area contributed by atoms with Crippen LogP contribution in [0.5, 0.6) is 0 Å². The smallest absolute Gasteiger partial charge is 0.0743 e. The largest absolute Gasteiger partial charge is 0.354 e. The van der Waals surface area contributed by atoms with E-state index >= 15 is 0 Å². The predicted octanol–water partition coefficient (Wildman–Crippen LogP) is 22.8. The van der Waals surface area contributed by atoms with Crippen molar-refractivity contribution in [2.45, 2.75) is 157 Å². The van der Waals surface area contributed by atoms with E-state index < -0.39 is 0 Å². The molecule has 2 aliphatic rings. The molecule has 0 saturated heterocycles. The predicted molar refractivity (Wildman–Crippen MR) is 372 cm³/mol. The average Bonchev–Trinajstić information content (AvgIpc) is 1.80. The van der Waals surface area contributed by atoms with Gasteiger partial charge in [0, 0.05) is 49.9 Å². The minimum atomic E-state index is -0.130. The van der Waals surface area contributed by atoms with Crippen LogP contribution in [0, 0.1) is 0 Å². The average molecular weight is 1130 g/mol. The van der Waals surface area contributed by atoms with Gasteiger partial charge < -0.3 is 9.97 Å². The number of hydrogen-bond acceptors (Lipinski definition) is 2. The van der Waals surface area contributed by atoms with Crippen molar-refractivity contribution in [2.75, 3.05) is 0 Å². The van der Waals surface area contributed by atoms with Gasteiger partial charge in [0.25, 0.3) is 0 Å². The Morgan fingerprint density at radius 1 is 0.291 bits per heavy atom. The number of benzene rings is 7. The molecule has 0 aliphatic carbocycles. The molecule has 2 N–H and O–H groups in total. The summed E-state index contributed by atoms with van der Waals surface area (Å²) in [4.78, 5) is 20.3. The van der Waals surface area contributed by atoms with Crippen molar-refractivity contribution in [3.63, 3.8) is 0 Å². The van der Waals surface area contributed by atoms with Crippen molar-refractivity contribution in [3.05, 3.63) is 226 Å². The molecule has 7 aromatic carbocycles. The molecule has 86 heavy (non-hydrogen) atoms. The lowest BCUT2D eigenvalue weighted by Gasteiger charge is -2.26. The van der Waals surface area contributed by atoms with Gasteiger partial charge in [0.1, 0.15) is 0 Å².